The van der Waals surface area contributed by atoms with Crippen LogP contribution in [0, 0.1) is 11.3 Å². The van der Waals surface area contributed by atoms with Crippen LogP contribution in [0.4, 0.5) is 0 Å². The summed E-state index contributed by atoms with van der Waals surface area (Å²) in [6, 6.07) is 46.0. The van der Waals surface area contributed by atoms with E-state index in [9.17, 15) is 5.41 Å². The molecule has 2 atom stereocenters. The first-order valence-corrected chi connectivity index (χ1v) is 19.5. The summed E-state index contributed by atoms with van der Waals surface area (Å²) >= 11 is 1.80. The molecule has 6 aromatic carbocycles. The van der Waals surface area contributed by atoms with Gasteiger partial charge in [0.15, 0.2) is 5.84 Å². The number of aliphatic imine (C=N–C) groups is 1. The first kappa shape index (κ1) is 30.8. The molecule has 2 heterocycles. The van der Waals surface area contributed by atoms with Crippen LogP contribution in [-0.4, -0.2) is 16.1 Å². The van der Waals surface area contributed by atoms with Crippen LogP contribution in [0.5, 0.6) is 0 Å². The molecular weight excluding hydrogens is 663 g/mol. The summed E-state index contributed by atoms with van der Waals surface area (Å²) in [6.07, 6.45) is 9.63. The molecule has 0 spiro atoms. The Bertz CT molecular complexity index is 2950. The van der Waals surface area contributed by atoms with E-state index < -0.39 is 0 Å². The van der Waals surface area contributed by atoms with Crippen molar-refractivity contribution < 1.29 is 0 Å². The molecule has 2 aromatic heterocycles. The molecule has 2 unspecified atom stereocenters. The Morgan fingerprint density at radius 1 is 0.736 bits per heavy atom. The summed E-state index contributed by atoms with van der Waals surface area (Å²) < 4.78 is 4.96. The van der Waals surface area contributed by atoms with Gasteiger partial charge in [-0.3, -0.25) is 5.41 Å². The zero-order valence-corrected chi connectivity index (χ0v) is 30.5. The SMILES string of the molecule is CC1(C)C(C(=NC(=N)c2ccc3sc4ccccc4c3c2)c2ccc(-n3c4c(c5cc6ccccc6cc53)C3CCC3C=C4)cc2)=Cc2ccccc21. The van der Waals surface area contributed by atoms with Gasteiger partial charge in [-0.15, -0.1) is 11.3 Å². The first-order chi connectivity index (χ1) is 25.9. The number of allylic oxidation sites excluding steroid dienone is 2. The van der Waals surface area contributed by atoms with Gasteiger partial charge in [0.05, 0.1) is 16.9 Å². The van der Waals surface area contributed by atoms with Gasteiger partial charge >= 0.3 is 0 Å². The molecule has 11 rings (SSSR count). The smallest absolute Gasteiger partial charge is 0.152 e. The molecule has 1 fully saturated rings. The highest BCUT2D eigenvalue weighted by molar-refractivity contribution is 7.25. The molecule has 0 amide bonds. The van der Waals surface area contributed by atoms with Crippen molar-refractivity contribution in [1.29, 1.82) is 5.41 Å². The van der Waals surface area contributed by atoms with E-state index in [1.807, 2.05) is 0 Å². The van der Waals surface area contributed by atoms with Crippen molar-refractivity contribution in [2.45, 2.75) is 38.0 Å². The molecule has 254 valence electrons. The molecule has 3 aliphatic carbocycles. The number of hydrogen-bond acceptors (Lipinski definition) is 2. The van der Waals surface area contributed by atoms with Crippen molar-refractivity contribution in [3.63, 3.8) is 0 Å². The van der Waals surface area contributed by atoms with Gasteiger partial charge in [-0.25, -0.2) is 4.99 Å². The Balaban J connectivity index is 1.06. The lowest BCUT2D eigenvalue weighted by Crippen LogP contribution is -2.25. The molecule has 8 aromatic rings. The van der Waals surface area contributed by atoms with Crippen LogP contribution in [0.3, 0.4) is 0 Å². The summed E-state index contributed by atoms with van der Waals surface area (Å²) in [4.78, 5) is 5.24. The maximum Gasteiger partial charge on any atom is 0.152 e. The Morgan fingerprint density at radius 2 is 1.47 bits per heavy atom. The zero-order valence-electron chi connectivity index (χ0n) is 29.7. The minimum absolute atomic E-state index is 0.270. The highest BCUT2D eigenvalue weighted by atomic mass is 32.1. The fourth-order valence-electron chi connectivity index (χ4n) is 9.31. The van der Waals surface area contributed by atoms with E-state index in [1.165, 1.54) is 77.1 Å². The predicted octanol–water partition coefficient (Wildman–Crippen LogP) is 12.9. The molecule has 1 N–H and O–H groups in total. The molecule has 0 bridgehead atoms. The Morgan fingerprint density at radius 3 is 2.28 bits per heavy atom. The third kappa shape index (κ3) is 4.58. The van der Waals surface area contributed by atoms with Gasteiger partial charge in [0.1, 0.15) is 0 Å². The van der Waals surface area contributed by atoms with Gasteiger partial charge in [0.2, 0.25) is 0 Å². The summed E-state index contributed by atoms with van der Waals surface area (Å²) in [6.45, 7) is 4.56. The fraction of sp³-hybridized carbons (Fsp3) is 0.143. The molecule has 4 heteroatoms. The number of aromatic nitrogens is 1. The van der Waals surface area contributed by atoms with Crippen molar-refractivity contribution in [2.75, 3.05) is 0 Å². The lowest BCUT2D eigenvalue weighted by Gasteiger charge is -2.37. The monoisotopic (exact) mass is 699 g/mol. The lowest BCUT2D eigenvalue weighted by molar-refractivity contribution is 0.315. The molecular formula is C49H37N3S. The second-order valence-corrected chi connectivity index (χ2v) is 16.6. The van der Waals surface area contributed by atoms with Gasteiger partial charge in [-0.1, -0.05) is 98.8 Å². The maximum absolute atomic E-state index is 9.43. The molecule has 0 aliphatic heterocycles. The van der Waals surface area contributed by atoms with Crippen LogP contribution in [0.1, 0.15) is 66.1 Å². The number of fused-ring (bicyclic) bond motifs is 10. The van der Waals surface area contributed by atoms with E-state index in [0.717, 1.165) is 28.1 Å². The van der Waals surface area contributed by atoms with Crippen LogP contribution in [-0.2, 0) is 5.41 Å². The number of nitrogens with one attached hydrogen (secondary N) is 1. The molecule has 3 nitrogen and oxygen atoms in total. The minimum Gasteiger partial charge on any atom is -0.310 e. The largest absolute Gasteiger partial charge is 0.310 e. The average molecular weight is 700 g/mol. The number of hydrogen-bond donors (Lipinski definition) is 1. The second kappa shape index (κ2) is 11.3. The van der Waals surface area contributed by atoms with E-state index in [4.69, 9.17) is 4.99 Å². The predicted molar refractivity (Wildman–Crippen MR) is 225 cm³/mol. The van der Waals surface area contributed by atoms with Gasteiger partial charge in [0, 0.05) is 47.8 Å². The number of thiophene rings is 1. The van der Waals surface area contributed by atoms with Crippen LogP contribution in [0.2, 0.25) is 0 Å². The van der Waals surface area contributed by atoms with Gasteiger partial charge < -0.3 is 4.57 Å². The van der Waals surface area contributed by atoms with Crippen molar-refractivity contribution >= 4 is 76.9 Å². The van der Waals surface area contributed by atoms with Crippen molar-refractivity contribution in [2.24, 2.45) is 10.9 Å². The van der Waals surface area contributed by atoms with Crippen molar-refractivity contribution in [1.82, 2.24) is 4.57 Å². The lowest BCUT2D eigenvalue weighted by atomic mass is 9.67. The van der Waals surface area contributed by atoms with E-state index in [-0.39, 0.29) is 11.3 Å². The first-order valence-electron chi connectivity index (χ1n) is 18.7. The number of amidine groups is 1. The highest BCUT2D eigenvalue weighted by Crippen LogP contribution is 2.52. The molecule has 0 saturated heterocycles. The van der Waals surface area contributed by atoms with Crippen LogP contribution >= 0.6 is 11.3 Å². The normalized spacial score (nSPS) is 18.6. The molecule has 53 heavy (non-hydrogen) atoms. The summed E-state index contributed by atoms with van der Waals surface area (Å²) in [5.41, 5.74) is 11.3. The van der Waals surface area contributed by atoms with Gasteiger partial charge in [-0.05, 0) is 118 Å². The van der Waals surface area contributed by atoms with Crippen LogP contribution in [0.25, 0.3) is 59.7 Å². The highest BCUT2D eigenvalue weighted by Gasteiger charge is 2.38. The minimum atomic E-state index is -0.275. The second-order valence-electron chi connectivity index (χ2n) is 15.5. The Hall–Kier alpha value is -5.84. The average Bonchev–Trinajstić information content (AvgIpc) is 3.79. The zero-order chi connectivity index (χ0) is 35.4. The standard InChI is InChI=1S/C49H37N3S/c1-49(2)40-13-7-5-11-33(40)27-41(49)47(51-48(50)34-19-24-45-38(26-34)37-12-6-8-14-44(37)53-45)30-15-20-35(21-16-30)52-42-23-18-29-17-22-36(29)46(42)39-25-31-9-3-4-10-32(31)28-43(39)52/h3-16,18-21,23-29,36,50H,17,22H2,1-2H3. The molecule has 0 radical (unpaired) electrons. The van der Waals surface area contributed by atoms with E-state index in [2.05, 4.69) is 164 Å². The summed E-state index contributed by atoms with van der Waals surface area (Å²) in [5, 5.41) is 15.8. The van der Waals surface area contributed by atoms with E-state index >= 15 is 0 Å². The van der Waals surface area contributed by atoms with Crippen molar-refractivity contribution in [3.05, 3.63) is 173 Å². The van der Waals surface area contributed by atoms with Crippen molar-refractivity contribution in [3.8, 4) is 5.69 Å². The fourth-order valence-corrected chi connectivity index (χ4v) is 10.4. The van der Waals surface area contributed by atoms with Crippen LogP contribution in [0.15, 0.2) is 144 Å². The van der Waals surface area contributed by atoms with Gasteiger partial charge in [-0.2, -0.15) is 0 Å². The number of benzene rings is 6. The third-order valence-electron chi connectivity index (χ3n) is 12.2. The number of rotatable bonds is 4. The quantitative estimate of drug-likeness (QED) is 0.140. The van der Waals surface area contributed by atoms with E-state index in [1.54, 1.807) is 11.3 Å². The molecule has 1 saturated carbocycles. The summed E-state index contributed by atoms with van der Waals surface area (Å²) in [5.74, 6) is 1.51. The third-order valence-corrected chi connectivity index (χ3v) is 13.4. The Labute approximate surface area is 312 Å². The number of nitrogens with zero attached hydrogens (tertiary/aromatic N) is 2. The topological polar surface area (TPSA) is 41.1 Å². The Kier molecular flexibility index (Phi) is 6.57. The van der Waals surface area contributed by atoms with E-state index in [0.29, 0.717) is 11.8 Å². The molecule has 3 aliphatic rings. The summed E-state index contributed by atoms with van der Waals surface area (Å²) in [7, 11) is 0. The van der Waals surface area contributed by atoms with Gasteiger partial charge in [0.25, 0.3) is 0 Å². The van der Waals surface area contributed by atoms with Crippen LogP contribution < -0.4 is 0 Å². The maximum atomic E-state index is 9.43.